The minimum atomic E-state index is 0.388. The van der Waals surface area contributed by atoms with Crippen molar-refractivity contribution in [1.82, 2.24) is 0 Å². The van der Waals surface area contributed by atoms with Crippen molar-refractivity contribution < 1.29 is 9.47 Å². The summed E-state index contributed by atoms with van der Waals surface area (Å²) >= 11 is 4.95. The molecule has 100 valence electrons. The third kappa shape index (κ3) is 5.02. The van der Waals surface area contributed by atoms with E-state index in [2.05, 4.69) is 6.92 Å². The van der Waals surface area contributed by atoms with Crippen molar-refractivity contribution in [2.45, 2.75) is 26.7 Å². The van der Waals surface area contributed by atoms with Gasteiger partial charge in [-0.1, -0.05) is 37.7 Å². The van der Waals surface area contributed by atoms with Crippen LogP contribution in [0.25, 0.3) is 0 Å². The van der Waals surface area contributed by atoms with E-state index in [1.165, 1.54) is 0 Å². The normalized spacial score (nSPS) is 10.3. The van der Waals surface area contributed by atoms with E-state index >= 15 is 0 Å². The van der Waals surface area contributed by atoms with Crippen molar-refractivity contribution >= 4 is 17.2 Å². The standard InChI is InChI=1S/C14H21NO2S/c1-3-4-7-16-8-9-17-13-10-12(14(15)18)6-5-11(13)2/h5-6,10H,3-4,7-9H2,1-2H3,(H2,15,18). The molecule has 2 N–H and O–H groups in total. The van der Waals surface area contributed by atoms with Crippen molar-refractivity contribution in [3.05, 3.63) is 29.3 Å². The first-order valence-corrected chi connectivity index (χ1v) is 6.67. The Morgan fingerprint density at radius 2 is 2.06 bits per heavy atom. The molecule has 1 rings (SSSR count). The van der Waals surface area contributed by atoms with E-state index in [0.29, 0.717) is 18.2 Å². The van der Waals surface area contributed by atoms with Crippen LogP contribution in [-0.2, 0) is 4.74 Å². The number of benzene rings is 1. The third-order valence-corrected chi connectivity index (χ3v) is 2.84. The van der Waals surface area contributed by atoms with Crippen LogP contribution in [0.2, 0.25) is 0 Å². The van der Waals surface area contributed by atoms with Gasteiger partial charge in [0.2, 0.25) is 0 Å². The summed E-state index contributed by atoms with van der Waals surface area (Å²) in [6.07, 6.45) is 2.24. The molecule has 4 heteroatoms. The average molecular weight is 267 g/mol. The number of thiocarbonyl (C=S) groups is 1. The van der Waals surface area contributed by atoms with Crippen molar-refractivity contribution in [3.8, 4) is 5.75 Å². The van der Waals surface area contributed by atoms with Crippen molar-refractivity contribution in [1.29, 1.82) is 0 Å². The summed E-state index contributed by atoms with van der Waals surface area (Å²) in [6, 6.07) is 5.74. The lowest BCUT2D eigenvalue weighted by atomic mass is 10.1. The highest BCUT2D eigenvalue weighted by atomic mass is 32.1. The van der Waals surface area contributed by atoms with Crippen LogP contribution in [0, 0.1) is 6.92 Å². The minimum absolute atomic E-state index is 0.388. The molecule has 0 saturated heterocycles. The van der Waals surface area contributed by atoms with Gasteiger partial charge in [-0.2, -0.15) is 0 Å². The molecule has 0 bridgehead atoms. The molecule has 1 aromatic rings. The second kappa shape index (κ2) is 8.06. The second-order valence-corrected chi connectivity index (χ2v) is 4.60. The molecule has 0 aliphatic carbocycles. The largest absolute Gasteiger partial charge is 0.491 e. The molecular weight excluding hydrogens is 246 g/mol. The van der Waals surface area contributed by atoms with E-state index in [1.807, 2.05) is 25.1 Å². The highest BCUT2D eigenvalue weighted by molar-refractivity contribution is 7.80. The fourth-order valence-electron chi connectivity index (χ4n) is 1.47. The fourth-order valence-corrected chi connectivity index (χ4v) is 1.59. The quantitative estimate of drug-likeness (QED) is 0.581. The Morgan fingerprint density at radius 3 is 2.72 bits per heavy atom. The van der Waals surface area contributed by atoms with Gasteiger partial charge in [-0.05, 0) is 25.0 Å². The van der Waals surface area contributed by atoms with Gasteiger partial charge in [-0.25, -0.2) is 0 Å². The molecule has 0 atom stereocenters. The van der Waals surface area contributed by atoms with Gasteiger partial charge >= 0.3 is 0 Å². The topological polar surface area (TPSA) is 44.5 Å². The van der Waals surface area contributed by atoms with Crippen molar-refractivity contribution in [3.63, 3.8) is 0 Å². The molecule has 0 amide bonds. The zero-order chi connectivity index (χ0) is 13.4. The number of unbranched alkanes of at least 4 members (excludes halogenated alkanes) is 1. The number of nitrogens with two attached hydrogens (primary N) is 1. The van der Waals surface area contributed by atoms with Gasteiger partial charge in [-0.15, -0.1) is 0 Å². The molecule has 0 fully saturated rings. The number of aryl methyl sites for hydroxylation is 1. The van der Waals surface area contributed by atoms with E-state index in [0.717, 1.165) is 36.3 Å². The first-order valence-electron chi connectivity index (χ1n) is 6.26. The monoisotopic (exact) mass is 267 g/mol. The summed E-state index contributed by atoms with van der Waals surface area (Å²) in [5.74, 6) is 0.819. The second-order valence-electron chi connectivity index (χ2n) is 4.16. The first kappa shape index (κ1) is 14.9. The van der Waals surface area contributed by atoms with E-state index < -0.39 is 0 Å². The maximum Gasteiger partial charge on any atom is 0.123 e. The smallest absolute Gasteiger partial charge is 0.123 e. The molecule has 0 aliphatic rings. The Hall–Kier alpha value is -1.13. The van der Waals surface area contributed by atoms with Gasteiger partial charge in [0, 0.05) is 12.2 Å². The highest BCUT2D eigenvalue weighted by Crippen LogP contribution is 2.19. The summed E-state index contributed by atoms with van der Waals surface area (Å²) in [6.45, 7) is 6.09. The Labute approximate surface area is 114 Å². The minimum Gasteiger partial charge on any atom is -0.491 e. The summed E-state index contributed by atoms with van der Waals surface area (Å²) in [4.78, 5) is 0.388. The molecule has 0 heterocycles. The molecule has 0 radical (unpaired) electrons. The molecule has 0 spiro atoms. The third-order valence-electron chi connectivity index (χ3n) is 2.60. The van der Waals surface area contributed by atoms with Gasteiger partial charge in [0.05, 0.1) is 6.61 Å². The molecule has 1 aromatic carbocycles. The Balaban J connectivity index is 2.41. The van der Waals surface area contributed by atoms with E-state index in [9.17, 15) is 0 Å². The van der Waals surface area contributed by atoms with Gasteiger partial charge in [0.25, 0.3) is 0 Å². The highest BCUT2D eigenvalue weighted by Gasteiger charge is 2.03. The number of hydrogen-bond donors (Lipinski definition) is 1. The summed E-state index contributed by atoms with van der Waals surface area (Å²) < 4.78 is 11.1. The number of hydrogen-bond acceptors (Lipinski definition) is 3. The van der Waals surface area contributed by atoms with Gasteiger partial charge < -0.3 is 15.2 Å². The molecular formula is C14H21NO2S. The number of ether oxygens (including phenoxy) is 2. The average Bonchev–Trinajstić information content (AvgIpc) is 2.35. The SMILES string of the molecule is CCCCOCCOc1cc(C(N)=S)ccc1C. The molecule has 3 nitrogen and oxygen atoms in total. The Kier molecular flexibility index (Phi) is 6.68. The van der Waals surface area contributed by atoms with Gasteiger partial charge in [-0.3, -0.25) is 0 Å². The predicted octanol–water partition coefficient (Wildman–Crippen LogP) is 2.82. The molecule has 0 unspecified atom stereocenters. The summed E-state index contributed by atoms with van der Waals surface area (Å²) in [5, 5.41) is 0. The molecule has 0 aliphatic heterocycles. The van der Waals surface area contributed by atoms with Crippen LogP contribution in [0.1, 0.15) is 30.9 Å². The molecule has 0 saturated carbocycles. The van der Waals surface area contributed by atoms with Crippen LogP contribution in [0.15, 0.2) is 18.2 Å². The lowest BCUT2D eigenvalue weighted by molar-refractivity contribution is 0.0978. The first-order chi connectivity index (χ1) is 8.65. The van der Waals surface area contributed by atoms with Crippen molar-refractivity contribution in [2.75, 3.05) is 19.8 Å². The zero-order valence-electron chi connectivity index (χ0n) is 11.1. The van der Waals surface area contributed by atoms with Crippen molar-refractivity contribution in [2.24, 2.45) is 5.73 Å². The van der Waals surface area contributed by atoms with Crippen LogP contribution in [-0.4, -0.2) is 24.8 Å². The Bertz CT molecular complexity index is 393. The molecule has 18 heavy (non-hydrogen) atoms. The zero-order valence-corrected chi connectivity index (χ0v) is 11.9. The van der Waals surface area contributed by atoms with Crippen LogP contribution >= 0.6 is 12.2 Å². The lowest BCUT2D eigenvalue weighted by Gasteiger charge is -2.11. The van der Waals surface area contributed by atoms with Crippen LogP contribution in [0.4, 0.5) is 0 Å². The maximum atomic E-state index is 5.67. The van der Waals surface area contributed by atoms with E-state index in [-0.39, 0.29) is 0 Å². The van der Waals surface area contributed by atoms with Crippen LogP contribution in [0.5, 0.6) is 5.75 Å². The predicted molar refractivity (Wildman–Crippen MR) is 78.3 cm³/mol. The van der Waals surface area contributed by atoms with Gasteiger partial charge in [0.15, 0.2) is 0 Å². The van der Waals surface area contributed by atoms with E-state index in [4.69, 9.17) is 27.4 Å². The lowest BCUT2D eigenvalue weighted by Crippen LogP contribution is -2.11. The van der Waals surface area contributed by atoms with Crippen LogP contribution in [0.3, 0.4) is 0 Å². The maximum absolute atomic E-state index is 5.67. The van der Waals surface area contributed by atoms with Crippen LogP contribution < -0.4 is 10.5 Å². The van der Waals surface area contributed by atoms with Gasteiger partial charge in [0.1, 0.15) is 17.3 Å². The molecule has 0 aromatic heterocycles. The van der Waals surface area contributed by atoms with E-state index in [1.54, 1.807) is 0 Å². The fraction of sp³-hybridized carbons (Fsp3) is 0.500. The Morgan fingerprint density at radius 1 is 1.28 bits per heavy atom. The summed E-state index contributed by atoms with van der Waals surface area (Å²) in [7, 11) is 0. The summed E-state index contributed by atoms with van der Waals surface area (Å²) in [5.41, 5.74) is 7.50. The number of rotatable bonds is 8.